The first-order valence-electron chi connectivity index (χ1n) is 16.3. The number of fused-ring (bicyclic) bond motifs is 5. The van der Waals surface area contributed by atoms with E-state index in [1.807, 2.05) is 6.92 Å². The lowest BCUT2D eigenvalue weighted by atomic mass is 9.47. The lowest BCUT2D eigenvalue weighted by molar-refractivity contribution is -0.0579. The van der Waals surface area contributed by atoms with Crippen LogP contribution in [0, 0.1) is 53.3 Å². The number of aryl methyl sites for hydroxylation is 1. The highest BCUT2D eigenvalue weighted by molar-refractivity contribution is 7.90. The summed E-state index contributed by atoms with van der Waals surface area (Å²) < 4.78 is 33.2. The fraction of sp³-hybridized carbons (Fsp3) is 0.743. The zero-order valence-corrected chi connectivity index (χ0v) is 27.1. The molecule has 4 aliphatic rings. The standard InChI is InChI=1S/C35H53NO4S/c1-23(2)8-7-9-25(4)30-16-17-31-29-15-12-26-22-27(18-20-34(26,5)32(29)19-21-35(30,31)6)40-33(37)36-41(38,39)28-13-10-24(3)11-14-28/h10-14,23,25,27,29-32H,7-9,15-22H2,1-6H3,(H,36,37)/t25-,27+,29-,30+,31-,32-,34-,35+/m0/s1. The number of hydrogen-bond donors (Lipinski definition) is 1. The number of rotatable bonds is 8. The van der Waals surface area contributed by atoms with Crippen LogP contribution in [0.25, 0.3) is 0 Å². The van der Waals surface area contributed by atoms with Crippen LogP contribution in [-0.4, -0.2) is 20.6 Å². The van der Waals surface area contributed by atoms with Gasteiger partial charge in [0.15, 0.2) is 0 Å². The van der Waals surface area contributed by atoms with Crippen molar-refractivity contribution in [2.24, 2.45) is 46.3 Å². The number of nitrogens with one attached hydrogen (secondary N) is 1. The smallest absolute Gasteiger partial charge is 0.421 e. The highest BCUT2D eigenvalue weighted by atomic mass is 32.2. The summed E-state index contributed by atoms with van der Waals surface area (Å²) in [4.78, 5) is 12.7. The van der Waals surface area contributed by atoms with Gasteiger partial charge < -0.3 is 4.74 Å². The van der Waals surface area contributed by atoms with Gasteiger partial charge in [0.1, 0.15) is 6.10 Å². The minimum absolute atomic E-state index is 0.0701. The first-order valence-corrected chi connectivity index (χ1v) is 17.8. The van der Waals surface area contributed by atoms with Gasteiger partial charge in [-0.2, -0.15) is 0 Å². The van der Waals surface area contributed by atoms with Gasteiger partial charge in [-0.15, -0.1) is 0 Å². The summed E-state index contributed by atoms with van der Waals surface area (Å²) >= 11 is 0. The van der Waals surface area contributed by atoms with Crippen LogP contribution in [0.1, 0.15) is 111 Å². The van der Waals surface area contributed by atoms with E-state index in [0.717, 1.165) is 60.8 Å². The predicted octanol–water partition coefficient (Wildman–Crippen LogP) is 8.82. The zero-order chi connectivity index (χ0) is 29.6. The van der Waals surface area contributed by atoms with Gasteiger partial charge in [0.25, 0.3) is 10.0 Å². The number of carbonyl (C=O) groups is 1. The van der Waals surface area contributed by atoms with Crippen LogP contribution < -0.4 is 4.72 Å². The highest BCUT2D eigenvalue weighted by Crippen LogP contribution is 2.67. The molecule has 6 heteroatoms. The van der Waals surface area contributed by atoms with Crippen molar-refractivity contribution >= 4 is 16.1 Å². The number of benzene rings is 1. The summed E-state index contributed by atoms with van der Waals surface area (Å²) in [7, 11) is -3.95. The van der Waals surface area contributed by atoms with Crippen molar-refractivity contribution in [2.75, 3.05) is 0 Å². The van der Waals surface area contributed by atoms with Crippen LogP contribution in [-0.2, 0) is 14.8 Å². The van der Waals surface area contributed by atoms with E-state index in [9.17, 15) is 13.2 Å². The van der Waals surface area contributed by atoms with Crippen LogP contribution in [0.15, 0.2) is 40.8 Å². The van der Waals surface area contributed by atoms with E-state index in [4.69, 9.17) is 4.74 Å². The fourth-order valence-electron chi connectivity index (χ4n) is 9.81. The largest absolute Gasteiger partial charge is 0.445 e. The Morgan fingerprint density at radius 1 is 1.00 bits per heavy atom. The number of carbonyl (C=O) groups excluding carboxylic acids is 1. The molecular weight excluding hydrogens is 530 g/mol. The van der Waals surface area contributed by atoms with Gasteiger partial charge in [-0.3, -0.25) is 0 Å². The Morgan fingerprint density at radius 3 is 2.44 bits per heavy atom. The Hall–Kier alpha value is -1.82. The maximum Gasteiger partial charge on any atom is 0.421 e. The second-order valence-corrected chi connectivity index (χ2v) is 16.7. The summed E-state index contributed by atoms with van der Waals surface area (Å²) in [6.45, 7) is 14.2. The predicted molar refractivity (Wildman–Crippen MR) is 165 cm³/mol. The second-order valence-electron chi connectivity index (χ2n) is 15.0. The average Bonchev–Trinajstić information content (AvgIpc) is 3.26. The minimum Gasteiger partial charge on any atom is -0.445 e. The van der Waals surface area contributed by atoms with E-state index in [1.54, 1.807) is 12.1 Å². The lowest BCUT2D eigenvalue weighted by Gasteiger charge is -2.58. The third kappa shape index (κ3) is 6.01. The fourth-order valence-corrected chi connectivity index (χ4v) is 10.7. The third-order valence-corrected chi connectivity index (χ3v) is 13.4. The maximum atomic E-state index is 12.7. The van der Waals surface area contributed by atoms with E-state index in [-0.39, 0.29) is 16.4 Å². The second kappa shape index (κ2) is 11.7. The van der Waals surface area contributed by atoms with Crippen LogP contribution in [0.3, 0.4) is 0 Å². The summed E-state index contributed by atoms with van der Waals surface area (Å²) in [6.07, 6.45) is 14.5. The van der Waals surface area contributed by atoms with E-state index >= 15 is 0 Å². The first-order chi connectivity index (χ1) is 19.3. The van der Waals surface area contributed by atoms with Gasteiger partial charge in [-0.25, -0.2) is 17.9 Å². The molecule has 0 heterocycles. The molecular formula is C35H53NO4S. The van der Waals surface area contributed by atoms with Crippen molar-refractivity contribution in [3.63, 3.8) is 0 Å². The molecule has 0 spiro atoms. The Labute approximate surface area is 249 Å². The minimum atomic E-state index is -3.95. The molecule has 0 aromatic heterocycles. The van der Waals surface area contributed by atoms with Crippen molar-refractivity contribution in [3.05, 3.63) is 41.5 Å². The quantitative estimate of drug-likeness (QED) is 0.310. The zero-order valence-electron chi connectivity index (χ0n) is 26.2. The SMILES string of the molecule is Cc1ccc(S(=O)(=O)NC(=O)O[C@@H]2CC[C@@]3(C)C(=CC[C@H]4[C@@H]5CC[C@H]([C@@H](C)CCCC(C)C)[C@@]5(C)CC[C@@H]43)C2)cc1. The van der Waals surface area contributed by atoms with Crippen molar-refractivity contribution in [1.82, 2.24) is 4.72 Å². The van der Waals surface area contributed by atoms with Gasteiger partial charge in [0.05, 0.1) is 4.90 Å². The molecule has 8 atom stereocenters. The van der Waals surface area contributed by atoms with E-state index in [2.05, 4.69) is 45.4 Å². The number of amides is 1. The number of allylic oxidation sites excluding steroid dienone is 1. The van der Waals surface area contributed by atoms with Crippen molar-refractivity contribution in [2.45, 2.75) is 123 Å². The molecule has 228 valence electrons. The van der Waals surface area contributed by atoms with Crippen LogP contribution in [0.5, 0.6) is 0 Å². The molecule has 5 rings (SSSR count). The van der Waals surface area contributed by atoms with Crippen LogP contribution in [0.2, 0.25) is 0 Å². The molecule has 3 saturated carbocycles. The van der Waals surface area contributed by atoms with Crippen LogP contribution in [0.4, 0.5) is 4.79 Å². The number of ether oxygens (including phenoxy) is 1. The van der Waals surface area contributed by atoms with E-state index < -0.39 is 16.1 Å². The number of hydrogen-bond acceptors (Lipinski definition) is 4. The third-order valence-electron chi connectivity index (χ3n) is 12.1. The molecule has 0 bridgehead atoms. The van der Waals surface area contributed by atoms with Crippen molar-refractivity contribution in [1.29, 1.82) is 0 Å². The molecule has 1 aromatic carbocycles. The molecule has 5 nitrogen and oxygen atoms in total. The molecule has 41 heavy (non-hydrogen) atoms. The molecule has 1 aromatic rings. The van der Waals surface area contributed by atoms with Crippen molar-refractivity contribution < 1.29 is 17.9 Å². The molecule has 3 fully saturated rings. The summed E-state index contributed by atoms with van der Waals surface area (Å²) in [5, 5.41) is 0. The summed E-state index contributed by atoms with van der Waals surface area (Å²) in [5.41, 5.74) is 3.03. The Morgan fingerprint density at radius 2 is 1.73 bits per heavy atom. The van der Waals surface area contributed by atoms with Crippen molar-refractivity contribution in [3.8, 4) is 0 Å². The van der Waals surface area contributed by atoms with Gasteiger partial charge in [-0.05, 0) is 110 Å². The normalized spacial score (nSPS) is 35.6. The van der Waals surface area contributed by atoms with Gasteiger partial charge in [0, 0.05) is 6.42 Å². The van der Waals surface area contributed by atoms with Gasteiger partial charge >= 0.3 is 6.09 Å². The Kier molecular flexibility index (Phi) is 8.74. The highest BCUT2D eigenvalue weighted by Gasteiger charge is 2.59. The molecule has 1 N–H and O–H groups in total. The molecule has 4 aliphatic carbocycles. The molecule has 0 unspecified atom stereocenters. The Bertz CT molecular complexity index is 1240. The maximum absolute atomic E-state index is 12.7. The van der Waals surface area contributed by atoms with E-state index in [0.29, 0.717) is 11.3 Å². The monoisotopic (exact) mass is 583 g/mol. The van der Waals surface area contributed by atoms with Gasteiger partial charge in [-0.1, -0.05) is 83.2 Å². The molecule has 0 aliphatic heterocycles. The molecule has 0 radical (unpaired) electrons. The van der Waals surface area contributed by atoms with Crippen LogP contribution >= 0.6 is 0 Å². The Balaban J connectivity index is 1.21. The molecule has 0 saturated heterocycles. The lowest BCUT2D eigenvalue weighted by Crippen LogP contribution is -2.51. The van der Waals surface area contributed by atoms with E-state index in [1.165, 1.54) is 62.7 Å². The topological polar surface area (TPSA) is 72.5 Å². The first kappa shape index (κ1) is 30.6. The average molecular weight is 584 g/mol. The molecule has 1 amide bonds. The van der Waals surface area contributed by atoms with Gasteiger partial charge in [0.2, 0.25) is 0 Å². The summed E-state index contributed by atoms with van der Waals surface area (Å²) in [5.74, 6) is 4.76. The number of sulfonamides is 1. The summed E-state index contributed by atoms with van der Waals surface area (Å²) in [6, 6.07) is 6.46.